The summed E-state index contributed by atoms with van der Waals surface area (Å²) >= 11 is 5.73. The number of benzene rings is 1. The van der Waals surface area contributed by atoms with Gasteiger partial charge in [-0.3, -0.25) is 10.1 Å². The van der Waals surface area contributed by atoms with Gasteiger partial charge in [-0.25, -0.2) is 0 Å². The summed E-state index contributed by atoms with van der Waals surface area (Å²) in [6, 6.07) is 4.48. The molecule has 0 saturated carbocycles. The van der Waals surface area contributed by atoms with Crippen LogP contribution in [0.3, 0.4) is 0 Å². The average molecular weight is 293 g/mol. The van der Waals surface area contributed by atoms with E-state index in [1.54, 1.807) is 12.1 Å². The molecule has 1 saturated heterocycles. The lowest BCUT2D eigenvalue weighted by atomic mass is 10.1. The second-order valence-corrected chi connectivity index (χ2v) is 4.37. The molecular formula is C11H14Cl2N2O3. The molecule has 0 spiro atoms. The Bertz CT molecular complexity index is 423. The molecule has 0 aromatic heterocycles. The van der Waals surface area contributed by atoms with Gasteiger partial charge < -0.3 is 10.1 Å². The zero-order chi connectivity index (χ0) is 12.3. The summed E-state index contributed by atoms with van der Waals surface area (Å²) in [5.41, 5.74) is -0.0731. The van der Waals surface area contributed by atoms with E-state index in [0.717, 1.165) is 25.9 Å². The lowest BCUT2D eigenvalue weighted by molar-refractivity contribution is -0.386. The van der Waals surface area contributed by atoms with Crippen molar-refractivity contribution in [2.24, 2.45) is 0 Å². The summed E-state index contributed by atoms with van der Waals surface area (Å²) in [6.45, 7) is 1.76. The molecule has 1 aliphatic heterocycles. The standard InChI is InChI=1S/C11H13ClN2O3.ClH/c12-8-1-2-11(10(7-8)14(15)16)17-9-3-5-13-6-4-9;/h1-2,7,9,13H,3-6H2;1H. The van der Waals surface area contributed by atoms with Crippen LogP contribution in [0.4, 0.5) is 5.69 Å². The predicted octanol–water partition coefficient (Wildman–Crippen LogP) is 2.80. The first-order chi connectivity index (χ1) is 8.16. The van der Waals surface area contributed by atoms with E-state index in [2.05, 4.69) is 5.32 Å². The van der Waals surface area contributed by atoms with E-state index < -0.39 is 4.92 Å². The number of piperidine rings is 1. The Kier molecular flexibility index (Phi) is 5.65. The van der Waals surface area contributed by atoms with Gasteiger partial charge in [0.15, 0.2) is 5.75 Å². The number of nitrogens with zero attached hydrogens (tertiary/aromatic N) is 1. The van der Waals surface area contributed by atoms with E-state index in [0.29, 0.717) is 10.8 Å². The predicted molar refractivity (Wildman–Crippen MR) is 71.9 cm³/mol. The van der Waals surface area contributed by atoms with Crippen molar-refractivity contribution < 1.29 is 9.66 Å². The number of nitro benzene ring substituents is 1. The highest BCUT2D eigenvalue weighted by Gasteiger charge is 2.21. The van der Waals surface area contributed by atoms with Gasteiger partial charge in [-0.15, -0.1) is 12.4 Å². The Balaban J connectivity index is 0.00000162. The molecule has 100 valence electrons. The van der Waals surface area contributed by atoms with Gasteiger partial charge in [0, 0.05) is 11.1 Å². The molecule has 7 heteroatoms. The molecule has 0 bridgehead atoms. The van der Waals surface area contributed by atoms with E-state index in [1.165, 1.54) is 6.07 Å². The van der Waals surface area contributed by atoms with Crippen LogP contribution in [0.2, 0.25) is 5.02 Å². The van der Waals surface area contributed by atoms with E-state index in [9.17, 15) is 10.1 Å². The molecule has 2 rings (SSSR count). The molecule has 0 aliphatic carbocycles. The number of hydrogen-bond acceptors (Lipinski definition) is 4. The molecule has 0 unspecified atom stereocenters. The van der Waals surface area contributed by atoms with Gasteiger partial charge in [0.2, 0.25) is 0 Å². The van der Waals surface area contributed by atoms with Crippen LogP contribution < -0.4 is 10.1 Å². The van der Waals surface area contributed by atoms with Crippen molar-refractivity contribution >= 4 is 29.7 Å². The Morgan fingerprint density at radius 2 is 2.06 bits per heavy atom. The van der Waals surface area contributed by atoms with Gasteiger partial charge >= 0.3 is 5.69 Å². The molecule has 1 heterocycles. The third kappa shape index (κ3) is 3.73. The summed E-state index contributed by atoms with van der Waals surface area (Å²) in [6.07, 6.45) is 1.76. The van der Waals surface area contributed by atoms with Crippen molar-refractivity contribution in [2.75, 3.05) is 13.1 Å². The zero-order valence-electron chi connectivity index (χ0n) is 9.60. The minimum Gasteiger partial charge on any atom is -0.483 e. The summed E-state index contributed by atoms with van der Waals surface area (Å²) in [5.74, 6) is 0.298. The van der Waals surface area contributed by atoms with Gasteiger partial charge in [-0.05, 0) is 38.1 Å². The maximum atomic E-state index is 10.9. The summed E-state index contributed by atoms with van der Waals surface area (Å²) in [7, 11) is 0. The Hall–Kier alpha value is -1.04. The lowest BCUT2D eigenvalue weighted by Crippen LogP contribution is -2.34. The van der Waals surface area contributed by atoms with E-state index >= 15 is 0 Å². The van der Waals surface area contributed by atoms with Crippen LogP contribution in [0.15, 0.2) is 18.2 Å². The molecular weight excluding hydrogens is 279 g/mol. The number of nitrogens with one attached hydrogen (secondary N) is 1. The summed E-state index contributed by atoms with van der Waals surface area (Å²) in [5, 5.41) is 14.4. The lowest BCUT2D eigenvalue weighted by Gasteiger charge is -2.23. The van der Waals surface area contributed by atoms with Gasteiger partial charge in [0.05, 0.1) is 4.92 Å². The summed E-state index contributed by atoms with van der Waals surface area (Å²) in [4.78, 5) is 10.4. The molecule has 0 radical (unpaired) electrons. The Labute approximate surface area is 116 Å². The zero-order valence-corrected chi connectivity index (χ0v) is 11.2. The minimum absolute atomic E-state index is 0. The number of halogens is 2. The third-order valence-electron chi connectivity index (χ3n) is 2.70. The second-order valence-electron chi connectivity index (χ2n) is 3.94. The van der Waals surface area contributed by atoms with Crippen LogP contribution in [-0.2, 0) is 0 Å². The first-order valence-electron chi connectivity index (χ1n) is 5.48. The van der Waals surface area contributed by atoms with Crippen LogP contribution in [-0.4, -0.2) is 24.1 Å². The topological polar surface area (TPSA) is 64.4 Å². The van der Waals surface area contributed by atoms with E-state index in [-0.39, 0.29) is 24.2 Å². The first kappa shape index (κ1) is 15.0. The van der Waals surface area contributed by atoms with E-state index in [4.69, 9.17) is 16.3 Å². The van der Waals surface area contributed by atoms with Crippen LogP contribution in [0.5, 0.6) is 5.75 Å². The highest BCUT2D eigenvalue weighted by Crippen LogP contribution is 2.31. The van der Waals surface area contributed by atoms with Crippen molar-refractivity contribution in [3.05, 3.63) is 33.3 Å². The molecule has 1 aromatic carbocycles. The fourth-order valence-electron chi connectivity index (χ4n) is 1.83. The maximum absolute atomic E-state index is 10.9. The van der Waals surface area contributed by atoms with E-state index in [1.807, 2.05) is 0 Å². The van der Waals surface area contributed by atoms with Crippen molar-refractivity contribution in [1.82, 2.24) is 5.32 Å². The monoisotopic (exact) mass is 292 g/mol. The molecule has 1 fully saturated rings. The molecule has 1 aromatic rings. The number of nitro groups is 1. The van der Waals surface area contributed by atoms with Gasteiger partial charge in [-0.2, -0.15) is 0 Å². The number of ether oxygens (including phenoxy) is 1. The normalized spacial score (nSPS) is 15.8. The molecule has 5 nitrogen and oxygen atoms in total. The van der Waals surface area contributed by atoms with Crippen LogP contribution in [0.25, 0.3) is 0 Å². The van der Waals surface area contributed by atoms with Crippen LogP contribution in [0, 0.1) is 10.1 Å². The van der Waals surface area contributed by atoms with Gasteiger partial charge in [-0.1, -0.05) is 11.6 Å². The van der Waals surface area contributed by atoms with Crippen molar-refractivity contribution in [3.8, 4) is 5.75 Å². The molecule has 1 aliphatic rings. The smallest absolute Gasteiger partial charge is 0.312 e. The quantitative estimate of drug-likeness (QED) is 0.687. The highest BCUT2D eigenvalue weighted by molar-refractivity contribution is 6.30. The molecule has 0 atom stereocenters. The average Bonchev–Trinajstić information content (AvgIpc) is 2.32. The Morgan fingerprint density at radius 3 is 2.67 bits per heavy atom. The van der Waals surface area contributed by atoms with Crippen molar-refractivity contribution in [3.63, 3.8) is 0 Å². The second kappa shape index (κ2) is 6.78. The minimum atomic E-state index is -0.470. The van der Waals surface area contributed by atoms with Crippen molar-refractivity contribution in [2.45, 2.75) is 18.9 Å². The Morgan fingerprint density at radius 1 is 1.39 bits per heavy atom. The van der Waals surface area contributed by atoms with Crippen LogP contribution >= 0.6 is 24.0 Å². The van der Waals surface area contributed by atoms with Crippen LogP contribution in [0.1, 0.15) is 12.8 Å². The number of rotatable bonds is 3. The maximum Gasteiger partial charge on any atom is 0.312 e. The summed E-state index contributed by atoms with van der Waals surface area (Å²) < 4.78 is 5.66. The molecule has 1 N–H and O–H groups in total. The first-order valence-corrected chi connectivity index (χ1v) is 5.86. The third-order valence-corrected chi connectivity index (χ3v) is 2.93. The fraction of sp³-hybridized carbons (Fsp3) is 0.455. The van der Waals surface area contributed by atoms with Gasteiger partial charge in [0.25, 0.3) is 0 Å². The molecule has 18 heavy (non-hydrogen) atoms. The number of hydrogen-bond donors (Lipinski definition) is 1. The van der Waals surface area contributed by atoms with Crippen molar-refractivity contribution in [1.29, 1.82) is 0 Å². The largest absolute Gasteiger partial charge is 0.483 e. The van der Waals surface area contributed by atoms with Gasteiger partial charge in [0.1, 0.15) is 6.10 Å². The highest BCUT2D eigenvalue weighted by atomic mass is 35.5. The SMILES string of the molecule is Cl.O=[N+]([O-])c1cc(Cl)ccc1OC1CCNCC1. The fourth-order valence-corrected chi connectivity index (χ4v) is 1.99. The molecule has 0 amide bonds.